The van der Waals surface area contributed by atoms with Gasteiger partial charge in [0, 0.05) is 29.9 Å². The number of fused-ring (bicyclic) bond motifs is 1. The van der Waals surface area contributed by atoms with Gasteiger partial charge in [0.15, 0.2) is 0 Å². The maximum absolute atomic E-state index is 6.18. The Morgan fingerprint density at radius 2 is 2.00 bits per heavy atom. The van der Waals surface area contributed by atoms with E-state index in [4.69, 9.17) is 17.4 Å². The van der Waals surface area contributed by atoms with Crippen molar-refractivity contribution in [2.24, 2.45) is 5.84 Å². The van der Waals surface area contributed by atoms with Crippen LogP contribution in [-0.2, 0) is 6.42 Å². The lowest BCUT2D eigenvalue weighted by Crippen LogP contribution is -2.30. The highest BCUT2D eigenvalue weighted by atomic mass is 35.5. The van der Waals surface area contributed by atoms with Crippen LogP contribution in [0.4, 0.5) is 0 Å². The molecule has 106 valence electrons. The number of hydrazine groups is 1. The van der Waals surface area contributed by atoms with Gasteiger partial charge in [0.1, 0.15) is 0 Å². The predicted molar refractivity (Wildman–Crippen MR) is 84.8 cm³/mol. The molecular formula is C16H15ClN4. The molecule has 3 rings (SSSR count). The molecule has 0 aliphatic heterocycles. The van der Waals surface area contributed by atoms with E-state index in [-0.39, 0.29) is 6.04 Å². The van der Waals surface area contributed by atoms with E-state index in [1.807, 2.05) is 36.4 Å². The minimum absolute atomic E-state index is 0.103. The van der Waals surface area contributed by atoms with Crippen molar-refractivity contribution >= 4 is 22.5 Å². The van der Waals surface area contributed by atoms with E-state index >= 15 is 0 Å². The van der Waals surface area contributed by atoms with Gasteiger partial charge in [-0.15, -0.1) is 0 Å². The zero-order chi connectivity index (χ0) is 14.7. The Hall–Kier alpha value is -2.01. The summed E-state index contributed by atoms with van der Waals surface area (Å²) >= 11 is 6.18. The second-order valence-corrected chi connectivity index (χ2v) is 5.22. The van der Waals surface area contributed by atoms with E-state index in [2.05, 4.69) is 21.5 Å². The van der Waals surface area contributed by atoms with Gasteiger partial charge in [0.25, 0.3) is 0 Å². The maximum Gasteiger partial charge on any atom is 0.0705 e. The fourth-order valence-corrected chi connectivity index (χ4v) is 2.61. The number of rotatable bonds is 4. The highest BCUT2D eigenvalue weighted by Crippen LogP contribution is 2.24. The molecule has 2 aromatic heterocycles. The Labute approximate surface area is 128 Å². The van der Waals surface area contributed by atoms with Crippen LogP contribution in [0.25, 0.3) is 10.9 Å². The number of nitrogens with two attached hydrogens (primary N) is 1. The molecule has 3 aromatic rings. The van der Waals surface area contributed by atoms with Gasteiger partial charge in [0.2, 0.25) is 0 Å². The monoisotopic (exact) mass is 298 g/mol. The number of hydrogen-bond donors (Lipinski definition) is 2. The van der Waals surface area contributed by atoms with Crippen LogP contribution in [0.15, 0.2) is 54.9 Å². The van der Waals surface area contributed by atoms with Crippen molar-refractivity contribution in [3.63, 3.8) is 0 Å². The van der Waals surface area contributed by atoms with Crippen molar-refractivity contribution in [3.05, 3.63) is 71.1 Å². The highest BCUT2D eigenvalue weighted by Gasteiger charge is 2.14. The smallest absolute Gasteiger partial charge is 0.0705 e. The third-order valence-corrected chi connectivity index (χ3v) is 3.77. The summed E-state index contributed by atoms with van der Waals surface area (Å²) in [4.78, 5) is 8.66. The van der Waals surface area contributed by atoms with E-state index in [1.54, 1.807) is 12.4 Å². The lowest BCUT2D eigenvalue weighted by Gasteiger charge is -2.17. The molecule has 1 atom stereocenters. The number of pyridine rings is 2. The number of hydrogen-bond acceptors (Lipinski definition) is 4. The minimum Gasteiger partial charge on any atom is -0.271 e. The molecule has 0 aliphatic rings. The Kier molecular flexibility index (Phi) is 4.10. The predicted octanol–water partition coefficient (Wildman–Crippen LogP) is 3.03. The summed E-state index contributed by atoms with van der Waals surface area (Å²) in [5, 5.41) is 1.72. The number of nitrogens with one attached hydrogen (secondary N) is 1. The SMILES string of the molecule is NNC(Cc1ccc2ccccc2n1)c1ccncc1Cl. The molecule has 0 saturated carbocycles. The summed E-state index contributed by atoms with van der Waals surface area (Å²) in [6.45, 7) is 0. The Balaban J connectivity index is 1.90. The van der Waals surface area contributed by atoms with Crippen molar-refractivity contribution in [2.75, 3.05) is 0 Å². The summed E-state index contributed by atoms with van der Waals surface area (Å²) in [5.74, 6) is 5.68. The van der Waals surface area contributed by atoms with Crippen LogP contribution >= 0.6 is 11.6 Å². The topological polar surface area (TPSA) is 63.8 Å². The third kappa shape index (κ3) is 3.03. The number of benzene rings is 1. The summed E-state index contributed by atoms with van der Waals surface area (Å²) in [5.41, 5.74) is 5.66. The molecule has 2 heterocycles. The molecule has 4 nitrogen and oxygen atoms in total. The maximum atomic E-state index is 6.18. The molecule has 3 N–H and O–H groups in total. The van der Waals surface area contributed by atoms with Crippen LogP contribution in [0.3, 0.4) is 0 Å². The molecule has 0 amide bonds. The number of halogens is 1. The van der Waals surface area contributed by atoms with Crippen LogP contribution in [0, 0.1) is 0 Å². The molecule has 0 radical (unpaired) electrons. The van der Waals surface area contributed by atoms with E-state index in [9.17, 15) is 0 Å². The van der Waals surface area contributed by atoms with Crippen molar-refractivity contribution in [3.8, 4) is 0 Å². The summed E-state index contributed by atoms with van der Waals surface area (Å²) in [6, 6.07) is 13.9. The van der Waals surface area contributed by atoms with E-state index in [0.717, 1.165) is 22.2 Å². The molecule has 0 fully saturated rings. The van der Waals surface area contributed by atoms with E-state index in [1.165, 1.54) is 0 Å². The molecule has 0 spiro atoms. The van der Waals surface area contributed by atoms with Gasteiger partial charge in [-0.25, -0.2) is 0 Å². The van der Waals surface area contributed by atoms with Crippen molar-refractivity contribution in [1.82, 2.24) is 15.4 Å². The Bertz CT molecular complexity index is 760. The van der Waals surface area contributed by atoms with Crippen LogP contribution in [0.5, 0.6) is 0 Å². The zero-order valence-corrected chi connectivity index (χ0v) is 12.1. The second-order valence-electron chi connectivity index (χ2n) is 4.82. The quantitative estimate of drug-likeness (QED) is 0.574. The average Bonchev–Trinajstić information content (AvgIpc) is 2.53. The fourth-order valence-electron chi connectivity index (χ4n) is 2.36. The molecule has 5 heteroatoms. The van der Waals surface area contributed by atoms with Crippen LogP contribution in [0.1, 0.15) is 17.3 Å². The molecular weight excluding hydrogens is 284 g/mol. The molecule has 0 aliphatic carbocycles. The first-order chi connectivity index (χ1) is 10.3. The van der Waals surface area contributed by atoms with Gasteiger partial charge in [0.05, 0.1) is 16.6 Å². The number of aromatic nitrogens is 2. The van der Waals surface area contributed by atoms with Gasteiger partial charge in [-0.2, -0.15) is 0 Å². The molecule has 1 aromatic carbocycles. The summed E-state index contributed by atoms with van der Waals surface area (Å²) in [7, 11) is 0. The van der Waals surface area contributed by atoms with Crippen molar-refractivity contribution in [1.29, 1.82) is 0 Å². The first kappa shape index (κ1) is 13.9. The largest absolute Gasteiger partial charge is 0.271 e. The zero-order valence-electron chi connectivity index (χ0n) is 11.3. The fraction of sp³-hybridized carbons (Fsp3) is 0.125. The first-order valence-corrected chi connectivity index (χ1v) is 7.06. The third-order valence-electron chi connectivity index (χ3n) is 3.45. The van der Waals surface area contributed by atoms with E-state index < -0.39 is 0 Å². The molecule has 21 heavy (non-hydrogen) atoms. The Morgan fingerprint density at radius 1 is 1.14 bits per heavy atom. The number of para-hydroxylation sites is 1. The molecule has 0 saturated heterocycles. The van der Waals surface area contributed by atoms with Crippen molar-refractivity contribution in [2.45, 2.75) is 12.5 Å². The Morgan fingerprint density at radius 3 is 2.81 bits per heavy atom. The molecule has 0 bridgehead atoms. The number of nitrogens with zero attached hydrogens (tertiary/aromatic N) is 2. The van der Waals surface area contributed by atoms with Gasteiger partial charge in [-0.05, 0) is 23.8 Å². The van der Waals surface area contributed by atoms with Crippen molar-refractivity contribution < 1.29 is 0 Å². The van der Waals surface area contributed by atoms with Crippen LogP contribution in [-0.4, -0.2) is 9.97 Å². The summed E-state index contributed by atoms with van der Waals surface area (Å²) < 4.78 is 0. The minimum atomic E-state index is -0.103. The second kappa shape index (κ2) is 6.18. The van der Waals surface area contributed by atoms with Gasteiger partial charge < -0.3 is 0 Å². The normalized spacial score (nSPS) is 12.5. The first-order valence-electron chi connectivity index (χ1n) is 6.68. The van der Waals surface area contributed by atoms with Gasteiger partial charge >= 0.3 is 0 Å². The highest BCUT2D eigenvalue weighted by molar-refractivity contribution is 6.31. The summed E-state index contributed by atoms with van der Waals surface area (Å²) in [6.07, 6.45) is 3.99. The van der Waals surface area contributed by atoms with Crippen LogP contribution < -0.4 is 11.3 Å². The van der Waals surface area contributed by atoms with E-state index in [0.29, 0.717) is 11.4 Å². The van der Waals surface area contributed by atoms with Gasteiger partial charge in [-0.1, -0.05) is 35.9 Å². The lowest BCUT2D eigenvalue weighted by atomic mass is 10.0. The van der Waals surface area contributed by atoms with Gasteiger partial charge in [-0.3, -0.25) is 21.2 Å². The molecule has 1 unspecified atom stereocenters. The average molecular weight is 299 g/mol. The lowest BCUT2D eigenvalue weighted by molar-refractivity contribution is 0.546. The standard InChI is InChI=1S/C16H15ClN4/c17-14-10-19-8-7-13(14)16(21-18)9-12-6-5-11-3-1-2-4-15(11)20-12/h1-8,10,16,21H,9,18H2. The van der Waals surface area contributed by atoms with Crippen LogP contribution in [0.2, 0.25) is 5.02 Å².